The van der Waals surface area contributed by atoms with Crippen LogP contribution in [0.1, 0.15) is 39.4 Å². The van der Waals surface area contributed by atoms with Crippen LogP contribution >= 0.6 is 11.3 Å². The van der Waals surface area contributed by atoms with Crippen LogP contribution in [0.25, 0.3) is 0 Å². The van der Waals surface area contributed by atoms with Gasteiger partial charge in [-0.3, -0.25) is 9.59 Å². The Morgan fingerprint density at radius 3 is 2.85 bits per heavy atom. The van der Waals surface area contributed by atoms with Gasteiger partial charge in [-0.2, -0.15) is 0 Å². The fourth-order valence-electron chi connectivity index (χ4n) is 2.73. The predicted octanol–water partition coefficient (Wildman–Crippen LogP) is 2.81. The summed E-state index contributed by atoms with van der Waals surface area (Å²) in [5.74, 6) is -0.301. The first kappa shape index (κ1) is 18.9. The Balaban J connectivity index is 1.36. The average molecular weight is 388 g/mol. The summed E-state index contributed by atoms with van der Waals surface area (Å²) in [6, 6.07) is 8.80. The van der Waals surface area contributed by atoms with Crippen molar-refractivity contribution in [3.63, 3.8) is 0 Å². The SMILES string of the molecule is O=C(CCCOc1ccc2c(c1)CCC(=O)N2)NCc1ccc(C(=O)O)s1. The maximum Gasteiger partial charge on any atom is 0.345 e. The number of aryl methyl sites for hydroxylation is 1. The summed E-state index contributed by atoms with van der Waals surface area (Å²) in [7, 11) is 0. The number of fused-ring (bicyclic) bond motifs is 1. The molecule has 0 spiro atoms. The van der Waals surface area contributed by atoms with E-state index < -0.39 is 5.97 Å². The highest BCUT2D eigenvalue weighted by atomic mass is 32.1. The van der Waals surface area contributed by atoms with E-state index in [9.17, 15) is 14.4 Å². The van der Waals surface area contributed by atoms with Gasteiger partial charge in [-0.15, -0.1) is 11.3 Å². The van der Waals surface area contributed by atoms with Crippen LogP contribution in [-0.2, 0) is 22.6 Å². The van der Waals surface area contributed by atoms with Crippen LogP contribution in [0.5, 0.6) is 5.75 Å². The second-order valence-electron chi connectivity index (χ2n) is 6.17. The summed E-state index contributed by atoms with van der Waals surface area (Å²) < 4.78 is 5.69. The Hall–Kier alpha value is -2.87. The number of carbonyl (C=O) groups excluding carboxylic acids is 2. The molecule has 142 valence electrons. The van der Waals surface area contributed by atoms with Gasteiger partial charge >= 0.3 is 5.97 Å². The number of aromatic carboxylic acids is 1. The molecule has 0 saturated carbocycles. The van der Waals surface area contributed by atoms with Crippen molar-refractivity contribution >= 4 is 34.8 Å². The number of carbonyl (C=O) groups is 3. The summed E-state index contributed by atoms with van der Waals surface area (Å²) in [5.41, 5.74) is 1.89. The zero-order chi connectivity index (χ0) is 19.2. The maximum absolute atomic E-state index is 11.9. The molecule has 2 aromatic rings. The van der Waals surface area contributed by atoms with E-state index in [-0.39, 0.29) is 16.7 Å². The number of carboxylic acids is 1. The predicted molar refractivity (Wildman–Crippen MR) is 101 cm³/mol. The van der Waals surface area contributed by atoms with Crippen molar-refractivity contribution in [2.45, 2.75) is 32.2 Å². The van der Waals surface area contributed by atoms with Crippen LogP contribution in [0.4, 0.5) is 5.69 Å². The lowest BCUT2D eigenvalue weighted by Crippen LogP contribution is -2.22. The first-order valence-corrected chi connectivity index (χ1v) is 9.47. The molecule has 27 heavy (non-hydrogen) atoms. The van der Waals surface area contributed by atoms with E-state index in [2.05, 4.69) is 10.6 Å². The van der Waals surface area contributed by atoms with E-state index in [1.165, 1.54) is 6.07 Å². The van der Waals surface area contributed by atoms with E-state index in [1.807, 2.05) is 12.1 Å². The Morgan fingerprint density at radius 1 is 1.22 bits per heavy atom. The van der Waals surface area contributed by atoms with E-state index in [1.54, 1.807) is 12.1 Å². The first-order chi connectivity index (χ1) is 13.0. The number of nitrogens with one attached hydrogen (secondary N) is 2. The number of thiophene rings is 1. The minimum absolute atomic E-state index is 0.0314. The quantitative estimate of drug-likeness (QED) is 0.603. The Kier molecular flexibility index (Phi) is 6.08. The third kappa shape index (κ3) is 5.30. The number of benzene rings is 1. The van der Waals surface area contributed by atoms with Crippen LogP contribution in [0.15, 0.2) is 30.3 Å². The lowest BCUT2D eigenvalue weighted by molar-refractivity contribution is -0.121. The molecule has 1 aromatic carbocycles. The highest BCUT2D eigenvalue weighted by Crippen LogP contribution is 2.26. The molecule has 0 atom stereocenters. The monoisotopic (exact) mass is 388 g/mol. The molecule has 0 saturated heterocycles. The van der Waals surface area contributed by atoms with Gasteiger partial charge in [0.15, 0.2) is 0 Å². The van der Waals surface area contributed by atoms with Gasteiger partial charge < -0.3 is 20.5 Å². The molecular weight excluding hydrogens is 368 g/mol. The topological polar surface area (TPSA) is 105 Å². The Labute approximate surface area is 160 Å². The molecule has 2 heterocycles. The number of carboxylic acid groups (broad SMARTS) is 1. The largest absolute Gasteiger partial charge is 0.494 e. The number of rotatable bonds is 8. The minimum Gasteiger partial charge on any atom is -0.494 e. The van der Waals surface area contributed by atoms with Crippen molar-refractivity contribution in [1.29, 1.82) is 0 Å². The van der Waals surface area contributed by atoms with Gasteiger partial charge in [0.2, 0.25) is 11.8 Å². The highest BCUT2D eigenvalue weighted by molar-refractivity contribution is 7.13. The molecular formula is C19H20N2O5S. The summed E-state index contributed by atoms with van der Waals surface area (Å²) in [6.07, 6.45) is 2.09. The fourth-order valence-corrected chi connectivity index (χ4v) is 3.52. The zero-order valence-corrected chi connectivity index (χ0v) is 15.4. The standard InChI is InChI=1S/C19H20N2O5S/c22-17(20-11-14-5-7-16(27-14)19(24)25)2-1-9-26-13-4-6-15-12(10-13)3-8-18(23)21-15/h4-7,10H,1-3,8-9,11H2,(H,20,22)(H,21,23)(H,24,25). The zero-order valence-electron chi connectivity index (χ0n) is 14.6. The number of hydrogen-bond acceptors (Lipinski definition) is 5. The second-order valence-corrected chi connectivity index (χ2v) is 7.34. The number of amides is 2. The third-order valence-corrected chi connectivity index (χ3v) is 5.19. The number of ether oxygens (including phenoxy) is 1. The molecule has 1 aromatic heterocycles. The van der Waals surface area contributed by atoms with E-state index in [0.717, 1.165) is 33.2 Å². The summed E-state index contributed by atoms with van der Waals surface area (Å²) in [5, 5.41) is 14.5. The van der Waals surface area contributed by atoms with E-state index in [4.69, 9.17) is 9.84 Å². The Morgan fingerprint density at radius 2 is 2.07 bits per heavy atom. The van der Waals surface area contributed by atoms with Gasteiger partial charge in [0.05, 0.1) is 13.2 Å². The smallest absolute Gasteiger partial charge is 0.345 e. The normalized spacial score (nSPS) is 12.8. The van der Waals surface area contributed by atoms with Crippen LogP contribution in [0, 0.1) is 0 Å². The molecule has 0 bridgehead atoms. The van der Waals surface area contributed by atoms with E-state index >= 15 is 0 Å². The van der Waals surface area contributed by atoms with Crippen LogP contribution in [0.2, 0.25) is 0 Å². The summed E-state index contributed by atoms with van der Waals surface area (Å²) in [4.78, 5) is 35.1. The summed E-state index contributed by atoms with van der Waals surface area (Å²) in [6.45, 7) is 0.745. The minimum atomic E-state index is -0.959. The first-order valence-electron chi connectivity index (χ1n) is 8.65. The molecule has 0 radical (unpaired) electrons. The van der Waals surface area contributed by atoms with Crippen LogP contribution in [0.3, 0.4) is 0 Å². The molecule has 1 aliphatic rings. The molecule has 8 heteroatoms. The molecule has 2 amide bonds. The lowest BCUT2D eigenvalue weighted by Gasteiger charge is -2.17. The van der Waals surface area contributed by atoms with Crippen molar-refractivity contribution in [3.8, 4) is 5.75 Å². The van der Waals surface area contributed by atoms with Gasteiger partial charge in [-0.25, -0.2) is 4.79 Å². The van der Waals surface area contributed by atoms with Crippen molar-refractivity contribution in [3.05, 3.63) is 45.6 Å². The van der Waals surface area contributed by atoms with Crippen LogP contribution in [-0.4, -0.2) is 29.5 Å². The molecule has 1 aliphatic heterocycles. The van der Waals surface area contributed by atoms with Crippen molar-refractivity contribution in [1.82, 2.24) is 5.32 Å². The fraction of sp³-hybridized carbons (Fsp3) is 0.316. The van der Waals surface area contributed by atoms with Gasteiger partial charge in [0.1, 0.15) is 10.6 Å². The van der Waals surface area contributed by atoms with Crippen molar-refractivity contribution in [2.24, 2.45) is 0 Å². The van der Waals surface area contributed by atoms with Crippen LogP contribution < -0.4 is 15.4 Å². The van der Waals surface area contributed by atoms with Gasteiger partial charge in [0, 0.05) is 23.4 Å². The Bertz CT molecular complexity index is 862. The number of hydrogen-bond donors (Lipinski definition) is 3. The van der Waals surface area contributed by atoms with Crippen molar-refractivity contribution in [2.75, 3.05) is 11.9 Å². The molecule has 3 rings (SSSR count). The molecule has 0 fully saturated rings. The molecule has 0 unspecified atom stereocenters. The van der Waals surface area contributed by atoms with Gasteiger partial charge in [0.25, 0.3) is 0 Å². The lowest BCUT2D eigenvalue weighted by atomic mass is 10.0. The molecule has 0 aliphatic carbocycles. The summed E-state index contributed by atoms with van der Waals surface area (Å²) >= 11 is 1.15. The molecule has 7 nitrogen and oxygen atoms in total. The van der Waals surface area contributed by atoms with Crippen molar-refractivity contribution < 1.29 is 24.2 Å². The average Bonchev–Trinajstić information content (AvgIpc) is 3.13. The van der Waals surface area contributed by atoms with Gasteiger partial charge in [-0.1, -0.05) is 0 Å². The third-order valence-electron chi connectivity index (χ3n) is 4.12. The molecule has 3 N–H and O–H groups in total. The maximum atomic E-state index is 11.9. The van der Waals surface area contributed by atoms with Gasteiger partial charge in [-0.05, 0) is 48.7 Å². The van der Waals surface area contributed by atoms with E-state index in [0.29, 0.717) is 38.8 Å². The second kappa shape index (κ2) is 8.68. The highest BCUT2D eigenvalue weighted by Gasteiger charge is 2.15. The number of anilines is 1.